The van der Waals surface area contributed by atoms with Gasteiger partial charge in [0.2, 0.25) is 5.91 Å². The fraction of sp³-hybridized carbons (Fsp3) is 0.692. The largest absolute Gasteiger partial charge is 0.349 e. The van der Waals surface area contributed by atoms with Crippen LogP contribution in [0.15, 0.2) is 6.20 Å². The Morgan fingerprint density at radius 3 is 3.18 bits per heavy atom. The average Bonchev–Trinajstić information content (AvgIpc) is 2.71. The van der Waals surface area contributed by atoms with Gasteiger partial charge in [-0.15, -0.1) is 0 Å². The van der Waals surface area contributed by atoms with Crippen LogP contribution in [0.25, 0.3) is 0 Å². The van der Waals surface area contributed by atoms with E-state index < -0.39 is 0 Å². The fourth-order valence-electron chi connectivity index (χ4n) is 2.36. The van der Waals surface area contributed by atoms with Gasteiger partial charge >= 0.3 is 0 Å². The van der Waals surface area contributed by atoms with E-state index in [2.05, 4.69) is 10.4 Å². The number of hydrogen-bond acceptors (Lipinski definition) is 2. The van der Waals surface area contributed by atoms with Gasteiger partial charge in [-0.1, -0.05) is 13.8 Å². The van der Waals surface area contributed by atoms with E-state index in [4.69, 9.17) is 0 Å². The van der Waals surface area contributed by atoms with Gasteiger partial charge in [-0.2, -0.15) is 5.10 Å². The highest BCUT2D eigenvalue weighted by Gasteiger charge is 2.25. The lowest BCUT2D eigenvalue weighted by atomic mass is 9.92. The number of aryl methyl sites for hydroxylation is 1. The Hall–Kier alpha value is -1.32. The Kier molecular flexibility index (Phi) is 3.50. The van der Waals surface area contributed by atoms with Crippen LogP contribution in [0, 0.1) is 5.92 Å². The van der Waals surface area contributed by atoms with Crippen molar-refractivity contribution in [2.45, 2.75) is 45.6 Å². The lowest BCUT2D eigenvalue weighted by Crippen LogP contribution is -2.34. The Bertz CT molecular complexity index is 411. The van der Waals surface area contributed by atoms with Crippen molar-refractivity contribution in [3.8, 4) is 0 Å². The predicted molar refractivity (Wildman–Crippen MR) is 66.5 cm³/mol. The molecule has 0 unspecified atom stereocenters. The van der Waals surface area contributed by atoms with Gasteiger partial charge < -0.3 is 5.32 Å². The molecule has 0 aromatic carbocycles. The maximum absolute atomic E-state index is 11.9. The van der Waals surface area contributed by atoms with Crippen LogP contribution in [0.5, 0.6) is 0 Å². The number of rotatable bonds is 3. The minimum atomic E-state index is 0.0945. The molecule has 0 saturated heterocycles. The highest BCUT2D eigenvalue weighted by Crippen LogP contribution is 2.29. The first-order chi connectivity index (χ1) is 8.13. The number of carbonyl (C=O) groups is 1. The fourth-order valence-corrected chi connectivity index (χ4v) is 2.36. The Labute approximate surface area is 102 Å². The zero-order chi connectivity index (χ0) is 12.4. The van der Waals surface area contributed by atoms with Gasteiger partial charge in [0.25, 0.3) is 0 Å². The third-order valence-electron chi connectivity index (χ3n) is 3.75. The average molecular weight is 235 g/mol. The molecule has 0 bridgehead atoms. The second-order valence-electron chi connectivity index (χ2n) is 4.93. The Morgan fingerprint density at radius 2 is 2.47 bits per heavy atom. The van der Waals surface area contributed by atoms with Crippen molar-refractivity contribution in [2.75, 3.05) is 0 Å². The summed E-state index contributed by atoms with van der Waals surface area (Å²) in [5.74, 6) is 0.256. The Morgan fingerprint density at radius 1 is 1.71 bits per heavy atom. The molecule has 2 atom stereocenters. The number of nitrogens with zero attached hydrogens (tertiary/aromatic N) is 2. The summed E-state index contributed by atoms with van der Waals surface area (Å²) in [7, 11) is 1.97. The maximum atomic E-state index is 11.9. The van der Waals surface area contributed by atoms with E-state index in [-0.39, 0.29) is 17.9 Å². The smallest absolute Gasteiger partial charge is 0.223 e. The van der Waals surface area contributed by atoms with Crippen molar-refractivity contribution >= 4 is 5.91 Å². The molecule has 1 aromatic heterocycles. The number of hydrogen-bond donors (Lipinski definition) is 1. The summed E-state index contributed by atoms with van der Waals surface area (Å²) in [4.78, 5) is 11.9. The van der Waals surface area contributed by atoms with Crippen LogP contribution in [0.4, 0.5) is 0 Å². The summed E-state index contributed by atoms with van der Waals surface area (Å²) < 4.78 is 1.93. The third kappa shape index (κ3) is 2.35. The molecule has 0 fully saturated rings. The summed E-state index contributed by atoms with van der Waals surface area (Å²) in [5.41, 5.74) is 2.47. The summed E-state index contributed by atoms with van der Waals surface area (Å²) in [6.45, 7) is 4.02. The number of aromatic nitrogens is 2. The standard InChI is InChI=1S/C13H21N3O/c1-4-9(2)13(17)15-11-6-5-7-12-10(11)8-14-16(12)3/h8-9,11H,4-7H2,1-3H3,(H,15,17)/t9-,11+/m1/s1. The van der Waals surface area contributed by atoms with Crippen molar-refractivity contribution in [3.63, 3.8) is 0 Å². The van der Waals surface area contributed by atoms with Crippen molar-refractivity contribution in [1.82, 2.24) is 15.1 Å². The number of fused-ring (bicyclic) bond motifs is 1. The first kappa shape index (κ1) is 12.1. The van der Waals surface area contributed by atoms with Crippen LogP contribution in [0.3, 0.4) is 0 Å². The minimum absolute atomic E-state index is 0.0945. The van der Waals surface area contributed by atoms with Gasteiger partial charge in [0, 0.05) is 24.2 Å². The van der Waals surface area contributed by atoms with E-state index in [0.717, 1.165) is 25.7 Å². The molecule has 1 aliphatic rings. The molecule has 1 aromatic rings. The zero-order valence-electron chi connectivity index (χ0n) is 10.9. The zero-order valence-corrected chi connectivity index (χ0v) is 10.9. The second-order valence-corrected chi connectivity index (χ2v) is 4.93. The number of carbonyl (C=O) groups excluding carboxylic acids is 1. The van der Waals surface area contributed by atoms with Crippen LogP contribution in [-0.4, -0.2) is 15.7 Å². The number of nitrogens with one attached hydrogen (secondary N) is 1. The van der Waals surface area contributed by atoms with Crippen molar-refractivity contribution < 1.29 is 4.79 Å². The molecule has 1 aliphatic carbocycles. The van der Waals surface area contributed by atoms with Crippen LogP contribution < -0.4 is 5.32 Å². The highest BCUT2D eigenvalue weighted by atomic mass is 16.1. The molecule has 0 radical (unpaired) electrons. The first-order valence-corrected chi connectivity index (χ1v) is 6.44. The van der Waals surface area contributed by atoms with Gasteiger partial charge in [0.1, 0.15) is 0 Å². The maximum Gasteiger partial charge on any atom is 0.223 e. The molecule has 0 saturated carbocycles. The molecule has 0 spiro atoms. The van der Waals surface area contributed by atoms with E-state index in [9.17, 15) is 4.79 Å². The van der Waals surface area contributed by atoms with Crippen molar-refractivity contribution in [1.29, 1.82) is 0 Å². The number of amides is 1. The minimum Gasteiger partial charge on any atom is -0.349 e. The first-order valence-electron chi connectivity index (χ1n) is 6.44. The molecular formula is C13H21N3O. The van der Waals surface area contributed by atoms with Crippen LogP contribution >= 0.6 is 0 Å². The molecule has 4 heteroatoms. The van der Waals surface area contributed by atoms with E-state index in [0.29, 0.717) is 0 Å². The molecule has 1 amide bonds. The van der Waals surface area contributed by atoms with Crippen LogP contribution in [0.2, 0.25) is 0 Å². The van der Waals surface area contributed by atoms with Crippen LogP contribution in [-0.2, 0) is 18.3 Å². The van der Waals surface area contributed by atoms with Crippen LogP contribution in [0.1, 0.15) is 50.4 Å². The molecule has 1 N–H and O–H groups in total. The normalized spacial score (nSPS) is 20.8. The SMILES string of the molecule is CC[C@@H](C)C(=O)N[C@H]1CCCc2c1cnn2C. The topological polar surface area (TPSA) is 46.9 Å². The predicted octanol–water partition coefficient (Wildman–Crippen LogP) is 1.96. The monoisotopic (exact) mass is 235 g/mol. The van der Waals surface area contributed by atoms with Gasteiger partial charge in [-0.05, 0) is 25.7 Å². The summed E-state index contributed by atoms with van der Waals surface area (Å²) in [6, 6.07) is 0.161. The molecule has 2 rings (SSSR count). The van der Waals surface area contributed by atoms with E-state index in [1.54, 1.807) is 0 Å². The van der Waals surface area contributed by atoms with E-state index >= 15 is 0 Å². The summed E-state index contributed by atoms with van der Waals surface area (Å²) >= 11 is 0. The van der Waals surface area contributed by atoms with Gasteiger partial charge in [0.15, 0.2) is 0 Å². The van der Waals surface area contributed by atoms with Crippen molar-refractivity contribution in [3.05, 3.63) is 17.5 Å². The summed E-state index contributed by atoms with van der Waals surface area (Å²) in [5, 5.41) is 7.43. The summed E-state index contributed by atoms with van der Waals surface area (Å²) in [6.07, 6.45) is 6.01. The van der Waals surface area contributed by atoms with Gasteiger partial charge in [-0.3, -0.25) is 9.48 Å². The van der Waals surface area contributed by atoms with E-state index in [1.165, 1.54) is 11.3 Å². The molecule has 4 nitrogen and oxygen atoms in total. The molecule has 17 heavy (non-hydrogen) atoms. The lowest BCUT2D eigenvalue weighted by Gasteiger charge is -2.25. The van der Waals surface area contributed by atoms with E-state index in [1.807, 2.05) is 31.8 Å². The lowest BCUT2D eigenvalue weighted by molar-refractivity contribution is -0.125. The van der Waals surface area contributed by atoms with Gasteiger partial charge in [-0.25, -0.2) is 0 Å². The molecule has 94 valence electrons. The molecule has 0 aliphatic heterocycles. The van der Waals surface area contributed by atoms with Gasteiger partial charge in [0.05, 0.1) is 12.2 Å². The highest BCUT2D eigenvalue weighted by molar-refractivity contribution is 5.78. The van der Waals surface area contributed by atoms with Crippen molar-refractivity contribution in [2.24, 2.45) is 13.0 Å². The second kappa shape index (κ2) is 4.90. The molecular weight excluding hydrogens is 214 g/mol. The third-order valence-corrected chi connectivity index (χ3v) is 3.75. The quantitative estimate of drug-likeness (QED) is 0.870. The molecule has 1 heterocycles. The Balaban J connectivity index is 2.11.